The summed E-state index contributed by atoms with van der Waals surface area (Å²) < 4.78 is 10.8. The first-order valence-corrected chi connectivity index (χ1v) is 11.5. The summed E-state index contributed by atoms with van der Waals surface area (Å²) >= 11 is 0. The van der Waals surface area contributed by atoms with E-state index in [2.05, 4.69) is 11.9 Å². The molecular weight excluding hydrogens is 418 g/mol. The zero-order chi connectivity index (χ0) is 23.8. The van der Waals surface area contributed by atoms with Crippen molar-refractivity contribution >= 4 is 17.4 Å². The normalized spacial score (nSPS) is 13.6. The molecule has 0 radical (unpaired) electrons. The lowest BCUT2D eigenvalue weighted by atomic mass is 10.0. The minimum Gasteiger partial charge on any atom is -0.493 e. The largest absolute Gasteiger partial charge is 0.493 e. The third kappa shape index (κ3) is 5.35. The van der Waals surface area contributed by atoms with Crippen LogP contribution in [-0.4, -0.2) is 60.5 Å². The quantitative estimate of drug-likeness (QED) is 0.360. The first kappa shape index (κ1) is 24.3. The van der Waals surface area contributed by atoms with E-state index in [0.717, 1.165) is 31.2 Å². The van der Waals surface area contributed by atoms with E-state index in [1.54, 1.807) is 38.7 Å². The number of ether oxygens (including phenoxy) is 2. The number of carbonyl (C=O) groups is 2. The van der Waals surface area contributed by atoms with Gasteiger partial charge in [-0.1, -0.05) is 25.8 Å². The van der Waals surface area contributed by atoms with E-state index >= 15 is 0 Å². The van der Waals surface area contributed by atoms with Crippen LogP contribution in [0.25, 0.3) is 5.57 Å². The van der Waals surface area contributed by atoms with Crippen molar-refractivity contribution in [2.45, 2.75) is 39.5 Å². The van der Waals surface area contributed by atoms with Crippen molar-refractivity contribution in [3.63, 3.8) is 0 Å². The van der Waals surface area contributed by atoms with Gasteiger partial charge in [-0.2, -0.15) is 0 Å². The summed E-state index contributed by atoms with van der Waals surface area (Å²) in [5, 5.41) is 0. The highest BCUT2D eigenvalue weighted by molar-refractivity contribution is 6.35. The van der Waals surface area contributed by atoms with Crippen LogP contribution in [0, 0.1) is 0 Å². The summed E-state index contributed by atoms with van der Waals surface area (Å²) in [6.07, 6.45) is 7.06. The van der Waals surface area contributed by atoms with Gasteiger partial charge in [-0.3, -0.25) is 19.5 Å². The highest BCUT2D eigenvalue weighted by atomic mass is 16.5. The predicted octanol–water partition coefficient (Wildman–Crippen LogP) is 3.93. The first-order valence-electron chi connectivity index (χ1n) is 11.5. The summed E-state index contributed by atoms with van der Waals surface area (Å²) in [6, 6.07) is 9.29. The average molecular weight is 452 g/mol. The lowest BCUT2D eigenvalue weighted by molar-refractivity contribution is -0.137. The molecule has 1 aromatic heterocycles. The number of amides is 2. The maximum Gasteiger partial charge on any atom is 0.277 e. The predicted molar refractivity (Wildman–Crippen MR) is 128 cm³/mol. The molecule has 7 nitrogen and oxygen atoms in total. The van der Waals surface area contributed by atoms with Gasteiger partial charge in [-0.15, -0.1) is 0 Å². The molecule has 7 heteroatoms. The Hall–Kier alpha value is -3.35. The topological polar surface area (TPSA) is 72.0 Å². The van der Waals surface area contributed by atoms with E-state index in [1.807, 2.05) is 30.0 Å². The second-order valence-electron chi connectivity index (χ2n) is 7.95. The Bertz CT molecular complexity index is 1000. The van der Waals surface area contributed by atoms with Crippen LogP contribution in [0.4, 0.5) is 0 Å². The summed E-state index contributed by atoms with van der Waals surface area (Å²) in [4.78, 5) is 34.5. The summed E-state index contributed by atoms with van der Waals surface area (Å²) in [5.74, 6) is 0.620. The monoisotopic (exact) mass is 451 g/mol. The third-order valence-electron chi connectivity index (χ3n) is 5.92. The molecule has 0 saturated heterocycles. The minimum atomic E-state index is -0.249. The number of likely N-dealkylation sites (N-methyl/N-ethyl adjacent to an activating group) is 1. The highest BCUT2D eigenvalue weighted by Crippen LogP contribution is 2.36. The zero-order valence-electron chi connectivity index (χ0n) is 20.0. The Labute approximate surface area is 196 Å². The van der Waals surface area contributed by atoms with E-state index in [0.29, 0.717) is 48.0 Å². The molecule has 0 fully saturated rings. The molecule has 0 saturated carbocycles. The number of pyridine rings is 1. The fraction of sp³-hybridized carbons (Fsp3) is 0.423. The maximum atomic E-state index is 13.5. The zero-order valence-corrected chi connectivity index (χ0v) is 20.0. The molecular formula is C26H33N3O4. The highest BCUT2D eigenvalue weighted by Gasteiger charge is 2.41. The van der Waals surface area contributed by atoms with Gasteiger partial charge in [0.15, 0.2) is 11.5 Å². The molecule has 0 atom stereocenters. The molecule has 2 heterocycles. The van der Waals surface area contributed by atoms with Crippen LogP contribution in [0.3, 0.4) is 0 Å². The van der Waals surface area contributed by atoms with Gasteiger partial charge < -0.3 is 14.4 Å². The number of rotatable bonds is 12. The van der Waals surface area contributed by atoms with E-state index in [4.69, 9.17) is 9.47 Å². The van der Waals surface area contributed by atoms with Crippen molar-refractivity contribution in [3.05, 3.63) is 59.5 Å². The molecule has 1 aromatic carbocycles. The summed E-state index contributed by atoms with van der Waals surface area (Å²) in [5.41, 5.74) is 2.67. The fourth-order valence-electron chi connectivity index (χ4n) is 4.07. The van der Waals surface area contributed by atoms with E-state index in [9.17, 15) is 9.59 Å². The van der Waals surface area contributed by atoms with Crippen LogP contribution in [0.15, 0.2) is 48.4 Å². The van der Waals surface area contributed by atoms with Crippen molar-refractivity contribution < 1.29 is 19.1 Å². The van der Waals surface area contributed by atoms with Crippen molar-refractivity contribution in [1.29, 1.82) is 0 Å². The lowest BCUT2D eigenvalue weighted by Gasteiger charge is -2.25. The van der Waals surface area contributed by atoms with Gasteiger partial charge in [0.05, 0.1) is 19.8 Å². The molecule has 33 heavy (non-hydrogen) atoms. The lowest BCUT2D eigenvalue weighted by Crippen LogP contribution is -2.36. The summed E-state index contributed by atoms with van der Waals surface area (Å²) in [6.45, 7) is 5.76. The molecule has 3 rings (SSSR count). The van der Waals surface area contributed by atoms with E-state index in [1.165, 1.54) is 4.90 Å². The van der Waals surface area contributed by atoms with Gasteiger partial charge in [0.1, 0.15) is 5.70 Å². The molecule has 2 aromatic rings. The second-order valence-corrected chi connectivity index (χ2v) is 7.95. The third-order valence-corrected chi connectivity index (χ3v) is 5.92. The number of hydrogen-bond donors (Lipinski definition) is 0. The molecule has 1 aliphatic rings. The number of methoxy groups -OCH3 is 2. The molecule has 176 valence electrons. The molecule has 0 N–H and O–H groups in total. The Morgan fingerprint density at radius 2 is 1.67 bits per heavy atom. The smallest absolute Gasteiger partial charge is 0.277 e. The Morgan fingerprint density at radius 1 is 0.939 bits per heavy atom. The van der Waals surface area contributed by atoms with Crippen molar-refractivity contribution in [2.24, 2.45) is 0 Å². The average Bonchev–Trinajstić information content (AvgIpc) is 3.09. The van der Waals surface area contributed by atoms with Gasteiger partial charge in [0.25, 0.3) is 11.8 Å². The Kier molecular flexibility index (Phi) is 8.46. The van der Waals surface area contributed by atoms with E-state index < -0.39 is 0 Å². The summed E-state index contributed by atoms with van der Waals surface area (Å²) in [7, 11) is 3.13. The maximum absolute atomic E-state index is 13.5. The van der Waals surface area contributed by atoms with Crippen LogP contribution < -0.4 is 9.47 Å². The van der Waals surface area contributed by atoms with Crippen LogP contribution in [0.2, 0.25) is 0 Å². The van der Waals surface area contributed by atoms with Gasteiger partial charge in [0, 0.05) is 32.0 Å². The Balaban J connectivity index is 2.01. The molecule has 0 bridgehead atoms. The van der Waals surface area contributed by atoms with Crippen molar-refractivity contribution in [3.8, 4) is 11.5 Å². The number of hydrogen-bond acceptors (Lipinski definition) is 6. The van der Waals surface area contributed by atoms with Crippen LogP contribution in [-0.2, 0) is 16.0 Å². The minimum absolute atomic E-state index is 0.225. The van der Waals surface area contributed by atoms with Gasteiger partial charge in [-0.25, -0.2) is 0 Å². The fourth-order valence-corrected chi connectivity index (χ4v) is 4.07. The van der Waals surface area contributed by atoms with Crippen LogP contribution in [0.1, 0.15) is 44.2 Å². The van der Waals surface area contributed by atoms with Crippen LogP contribution >= 0.6 is 0 Å². The number of aromatic nitrogens is 1. The number of nitrogens with zero attached hydrogens (tertiary/aromatic N) is 3. The van der Waals surface area contributed by atoms with Crippen molar-refractivity contribution in [2.75, 3.05) is 33.9 Å². The number of carbonyl (C=O) groups excluding carboxylic acids is 2. The molecule has 0 aliphatic carbocycles. The van der Waals surface area contributed by atoms with Gasteiger partial charge in [0.2, 0.25) is 0 Å². The standard InChI is InChI=1S/C26H33N3O4/c1-5-7-8-16-29-25(30)23(20-9-10-21(32-3)22(18-20)33-4)24(26(29)31)28(6-2)17-13-19-11-14-27-15-12-19/h9-12,14-15,18H,5-8,13,16-17H2,1-4H3. The van der Waals surface area contributed by atoms with Crippen LogP contribution in [0.5, 0.6) is 11.5 Å². The first-order chi connectivity index (χ1) is 16.0. The Morgan fingerprint density at radius 3 is 2.30 bits per heavy atom. The number of imide groups is 1. The molecule has 0 unspecified atom stereocenters. The van der Waals surface area contributed by atoms with E-state index in [-0.39, 0.29) is 11.8 Å². The number of unbranched alkanes of at least 4 members (excludes halogenated alkanes) is 2. The number of benzene rings is 1. The molecule has 2 amide bonds. The van der Waals surface area contributed by atoms with Crippen molar-refractivity contribution in [1.82, 2.24) is 14.8 Å². The van der Waals surface area contributed by atoms with Gasteiger partial charge >= 0.3 is 0 Å². The molecule has 0 spiro atoms. The SMILES string of the molecule is CCCCCN1C(=O)C(c2ccc(OC)c(OC)c2)=C(N(CC)CCc2ccncc2)C1=O. The van der Waals surface area contributed by atoms with Gasteiger partial charge in [-0.05, 0) is 55.2 Å². The second kappa shape index (κ2) is 11.5. The molecule has 1 aliphatic heterocycles.